The van der Waals surface area contributed by atoms with Gasteiger partial charge in [-0.3, -0.25) is 0 Å². The molecule has 0 bridgehead atoms. The van der Waals surface area contributed by atoms with Crippen molar-refractivity contribution in [3.63, 3.8) is 0 Å². The third kappa shape index (κ3) is 4.76. The summed E-state index contributed by atoms with van der Waals surface area (Å²) in [5, 5.41) is 12.0. The quantitative estimate of drug-likeness (QED) is 0.872. The van der Waals surface area contributed by atoms with Gasteiger partial charge >= 0.3 is 6.03 Å². The average molecular weight is 334 g/mol. The second kappa shape index (κ2) is 7.88. The number of aliphatic hydroxyl groups excluding tert-OH is 1. The van der Waals surface area contributed by atoms with E-state index in [-0.39, 0.29) is 6.03 Å². The van der Waals surface area contributed by atoms with Crippen LogP contribution in [-0.2, 0) is 0 Å². The fourth-order valence-electron chi connectivity index (χ4n) is 2.19. The summed E-state index contributed by atoms with van der Waals surface area (Å²) in [6.07, 6.45) is -0.0427. The Morgan fingerprint density at radius 3 is 2.42 bits per heavy atom. The molecule has 0 radical (unpaired) electrons. The molecule has 1 unspecified atom stereocenters. The zero-order valence-electron chi connectivity index (χ0n) is 13.6. The van der Waals surface area contributed by atoms with Crippen LogP contribution in [0.1, 0.15) is 13.3 Å². The minimum atomic E-state index is -0.499. The highest BCUT2D eigenvalue weighted by atomic mass is 19.1. The largest absolute Gasteiger partial charge is 0.393 e. The number of nitrogens with one attached hydrogen (secondary N) is 1. The first-order valence-corrected chi connectivity index (χ1v) is 7.62. The molecule has 0 aromatic heterocycles. The molecule has 2 rings (SSSR count). The maximum atomic E-state index is 13.6. The van der Waals surface area contributed by atoms with Crippen LogP contribution in [0.3, 0.4) is 0 Å². The van der Waals surface area contributed by atoms with E-state index in [1.807, 2.05) is 0 Å². The third-order valence-electron chi connectivity index (χ3n) is 3.61. The van der Waals surface area contributed by atoms with Gasteiger partial charge in [0.25, 0.3) is 0 Å². The maximum Gasteiger partial charge on any atom is 0.321 e. The van der Waals surface area contributed by atoms with Gasteiger partial charge in [-0.25, -0.2) is 13.6 Å². The second-order valence-electron chi connectivity index (χ2n) is 5.69. The minimum absolute atomic E-state index is 0.370. The van der Waals surface area contributed by atoms with Crippen LogP contribution >= 0.6 is 0 Å². The van der Waals surface area contributed by atoms with Crippen molar-refractivity contribution < 1.29 is 18.7 Å². The summed E-state index contributed by atoms with van der Waals surface area (Å²) in [5.74, 6) is -0.839. The van der Waals surface area contributed by atoms with Gasteiger partial charge in [0.2, 0.25) is 0 Å². The van der Waals surface area contributed by atoms with E-state index in [4.69, 9.17) is 0 Å². The van der Waals surface area contributed by atoms with E-state index >= 15 is 0 Å². The van der Waals surface area contributed by atoms with Crippen LogP contribution in [-0.4, -0.2) is 35.7 Å². The maximum absolute atomic E-state index is 13.6. The smallest absolute Gasteiger partial charge is 0.321 e. The lowest BCUT2D eigenvalue weighted by Gasteiger charge is -2.20. The molecule has 6 heteroatoms. The van der Waals surface area contributed by atoms with Gasteiger partial charge in [-0.1, -0.05) is 12.1 Å². The molecule has 2 amide bonds. The van der Waals surface area contributed by atoms with Gasteiger partial charge in [-0.15, -0.1) is 0 Å². The Hall–Kier alpha value is -2.47. The van der Waals surface area contributed by atoms with E-state index < -0.39 is 17.7 Å². The van der Waals surface area contributed by atoms with Crippen molar-refractivity contribution in [2.24, 2.45) is 0 Å². The van der Waals surface area contributed by atoms with Gasteiger partial charge in [-0.05, 0) is 49.2 Å². The summed E-state index contributed by atoms with van der Waals surface area (Å²) in [6.45, 7) is 2.04. The summed E-state index contributed by atoms with van der Waals surface area (Å²) in [5.41, 5.74) is 1.49. The first-order valence-electron chi connectivity index (χ1n) is 7.62. The molecule has 0 spiro atoms. The highest BCUT2D eigenvalue weighted by Crippen LogP contribution is 2.29. The van der Waals surface area contributed by atoms with Crippen molar-refractivity contribution in [1.29, 1.82) is 0 Å². The molecule has 2 aromatic carbocycles. The number of hydrogen-bond acceptors (Lipinski definition) is 2. The lowest BCUT2D eigenvalue weighted by atomic mass is 10.0. The van der Waals surface area contributed by atoms with E-state index in [1.54, 1.807) is 14.0 Å². The van der Waals surface area contributed by atoms with Crippen LogP contribution in [0.5, 0.6) is 0 Å². The number of aliphatic hydroxyl groups is 1. The Balaban J connectivity index is 2.21. The summed E-state index contributed by atoms with van der Waals surface area (Å²) >= 11 is 0. The Kier molecular flexibility index (Phi) is 5.87. The molecule has 0 fully saturated rings. The molecule has 0 saturated heterocycles. The number of urea groups is 1. The number of rotatable bonds is 5. The topological polar surface area (TPSA) is 52.6 Å². The van der Waals surface area contributed by atoms with Crippen molar-refractivity contribution in [3.8, 4) is 11.1 Å². The Morgan fingerprint density at radius 2 is 1.79 bits per heavy atom. The van der Waals surface area contributed by atoms with Crippen LogP contribution in [0.15, 0.2) is 42.5 Å². The molecular weight excluding hydrogens is 314 g/mol. The van der Waals surface area contributed by atoms with Crippen molar-refractivity contribution in [2.45, 2.75) is 19.4 Å². The van der Waals surface area contributed by atoms with Gasteiger partial charge in [-0.2, -0.15) is 0 Å². The van der Waals surface area contributed by atoms with Gasteiger partial charge in [0.1, 0.15) is 11.6 Å². The molecule has 1 atom stereocenters. The van der Waals surface area contributed by atoms with Crippen molar-refractivity contribution >= 4 is 11.7 Å². The van der Waals surface area contributed by atoms with Gasteiger partial charge in [0, 0.05) is 19.2 Å². The van der Waals surface area contributed by atoms with E-state index in [0.29, 0.717) is 29.8 Å². The molecule has 2 N–H and O–H groups in total. The van der Waals surface area contributed by atoms with Crippen molar-refractivity contribution in [3.05, 3.63) is 54.1 Å². The highest BCUT2D eigenvalue weighted by Gasteiger charge is 2.13. The molecule has 0 aliphatic carbocycles. The predicted molar refractivity (Wildman–Crippen MR) is 89.7 cm³/mol. The molecule has 0 heterocycles. The van der Waals surface area contributed by atoms with Crippen LogP contribution < -0.4 is 5.32 Å². The van der Waals surface area contributed by atoms with E-state index in [1.165, 1.54) is 47.4 Å². The first-order chi connectivity index (χ1) is 11.4. The number of anilines is 1. The summed E-state index contributed by atoms with van der Waals surface area (Å²) in [6, 6.07) is 9.24. The van der Waals surface area contributed by atoms with Crippen molar-refractivity contribution in [2.75, 3.05) is 18.9 Å². The lowest BCUT2D eigenvalue weighted by molar-refractivity contribution is 0.167. The zero-order valence-corrected chi connectivity index (χ0v) is 13.6. The number of halogens is 2. The highest BCUT2D eigenvalue weighted by molar-refractivity contribution is 5.94. The lowest BCUT2D eigenvalue weighted by Crippen LogP contribution is -2.33. The average Bonchev–Trinajstić information content (AvgIpc) is 2.55. The Labute approximate surface area is 139 Å². The fourth-order valence-corrected chi connectivity index (χ4v) is 2.19. The summed E-state index contributed by atoms with van der Waals surface area (Å²) in [7, 11) is 1.61. The molecule has 128 valence electrons. The standard InChI is InChI=1S/C18H20F2N2O2/c1-12(23)9-10-22(2)18(24)21-17-8-7-15(20)11-16(17)13-3-5-14(19)6-4-13/h3-8,11-12,23H,9-10H2,1-2H3,(H,21,24). The Bertz CT molecular complexity index is 703. The first kappa shape index (κ1) is 17.9. The number of nitrogens with zero attached hydrogens (tertiary/aromatic N) is 1. The zero-order chi connectivity index (χ0) is 17.7. The number of carbonyl (C=O) groups is 1. The molecular formula is C18H20F2N2O2. The molecule has 4 nitrogen and oxygen atoms in total. The summed E-state index contributed by atoms with van der Waals surface area (Å²) < 4.78 is 26.7. The van der Waals surface area contributed by atoms with Gasteiger partial charge in [0.05, 0.1) is 11.8 Å². The minimum Gasteiger partial charge on any atom is -0.393 e. The number of amides is 2. The van der Waals surface area contributed by atoms with Crippen LogP contribution in [0.25, 0.3) is 11.1 Å². The van der Waals surface area contributed by atoms with Gasteiger partial charge < -0.3 is 15.3 Å². The molecule has 2 aromatic rings. The molecule has 0 aliphatic heterocycles. The van der Waals surface area contributed by atoms with Crippen LogP contribution in [0.2, 0.25) is 0 Å². The van der Waals surface area contributed by atoms with E-state index in [9.17, 15) is 18.7 Å². The Morgan fingerprint density at radius 1 is 1.17 bits per heavy atom. The fraction of sp³-hybridized carbons (Fsp3) is 0.278. The summed E-state index contributed by atoms with van der Waals surface area (Å²) in [4.78, 5) is 13.7. The van der Waals surface area contributed by atoms with E-state index in [2.05, 4.69) is 5.32 Å². The van der Waals surface area contributed by atoms with E-state index in [0.717, 1.165) is 0 Å². The second-order valence-corrected chi connectivity index (χ2v) is 5.69. The van der Waals surface area contributed by atoms with Crippen LogP contribution in [0, 0.1) is 11.6 Å². The molecule has 24 heavy (non-hydrogen) atoms. The van der Waals surface area contributed by atoms with Gasteiger partial charge in [0.15, 0.2) is 0 Å². The molecule has 0 aliphatic rings. The predicted octanol–water partition coefficient (Wildman–Crippen LogP) is 3.87. The van der Waals surface area contributed by atoms with Crippen molar-refractivity contribution in [1.82, 2.24) is 4.90 Å². The number of carbonyl (C=O) groups excluding carboxylic acids is 1. The monoisotopic (exact) mass is 334 g/mol. The molecule has 0 saturated carbocycles. The third-order valence-corrected chi connectivity index (χ3v) is 3.61. The SMILES string of the molecule is CC(O)CCN(C)C(=O)Nc1ccc(F)cc1-c1ccc(F)cc1. The van der Waals surface area contributed by atoms with Crippen LogP contribution in [0.4, 0.5) is 19.3 Å². The number of hydrogen-bond donors (Lipinski definition) is 2. The number of benzene rings is 2. The normalized spacial score (nSPS) is 11.9.